The van der Waals surface area contributed by atoms with Gasteiger partial charge in [0.1, 0.15) is 6.54 Å². The van der Waals surface area contributed by atoms with Crippen LogP contribution in [0.4, 0.5) is 4.79 Å². The molecule has 6 heteroatoms. The fraction of sp³-hybridized carbons (Fsp3) is 0.667. The van der Waals surface area contributed by atoms with Crippen molar-refractivity contribution >= 4 is 11.9 Å². The molecule has 0 aromatic heterocycles. The number of nitrogens with zero attached hydrogens (tertiary/aromatic N) is 3. The normalized spacial score (nSPS) is 15.7. The van der Waals surface area contributed by atoms with Crippen molar-refractivity contribution in [1.82, 2.24) is 15.3 Å². The number of amides is 3. The number of nitriles is 1. The third-order valence-electron chi connectivity index (χ3n) is 2.13. The second-order valence-electron chi connectivity index (χ2n) is 3.64. The van der Waals surface area contributed by atoms with Gasteiger partial charge in [-0.15, -0.1) is 0 Å². The van der Waals surface area contributed by atoms with Gasteiger partial charge in [-0.1, -0.05) is 13.8 Å². The monoisotopic (exact) mass is 210 g/mol. The molecule has 1 fully saturated rings. The maximum absolute atomic E-state index is 11.5. The predicted octanol–water partition coefficient (Wildman–Crippen LogP) is -0.0652. The second-order valence-corrected chi connectivity index (χ2v) is 3.64. The zero-order valence-corrected chi connectivity index (χ0v) is 8.86. The van der Waals surface area contributed by atoms with E-state index in [4.69, 9.17) is 5.26 Å². The molecule has 1 saturated heterocycles. The highest BCUT2D eigenvalue weighted by atomic mass is 16.2. The van der Waals surface area contributed by atoms with Crippen molar-refractivity contribution in [3.8, 4) is 6.07 Å². The first kappa shape index (κ1) is 11.3. The molecule has 0 unspecified atom stereocenters. The number of hydrogen-bond acceptors (Lipinski definition) is 3. The van der Waals surface area contributed by atoms with Gasteiger partial charge >= 0.3 is 6.03 Å². The van der Waals surface area contributed by atoms with E-state index in [0.717, 1.165) is 0 Å². The number of rotatable bonds is 3. The minimum Gasteiger partial charge on any atom is -0.308 e. The Balaban J connectivity index is 2.50. The molecule has 0 spiro atoms. The summed E-state index contributed by atoms with van der Waals surface area (Å²) < 4.78 is 0. The van der Waals surface area contributed by atoms with Crippen LogP contribution in [0.3, 0.4) is 0 Å². The number of carbonyl (C=O) groups excluding carboxylic acids is 2. The number of urea groups is 1. The first-order valence-electron chi connectivity index (χ1n) is 4.80. The number of hydrazine groups is 1. The van der Waals surface area contributed by atoms with E-state index in [1.54, 1.807) is 13.8 Å². The highest BCUT2D eigenvalue weighted by Crippen LogP contribution is 2.05. The molecule has 0 atom stereocenters. The van der Waals surface area contributed by atoms with Crippen LogP contribution in [-0.4, -0.2) is 41.5 Å². The quantitative estimate of drug-likeness (QED) is 0.663. The molecular formula is C9H14N4O2. The van der Waals surface area contributed by atoms with Crippen LogP contribution in [0.1, 0.15) is 13.8 Å². The molecule has 3 amide bonds. The van der Waals surface area contributed by atoms with Gasteiger partial charge < -0.3 is 4.90 Å². The van der Waals surface area contributed by atoms with Gasteiger partial charge in [-0.05, 0) is 0 Å². The maximum Gasteiger partial charge on any atom is 0.339 e. The van der Waals surface area contributed by atoms with Gasteiger partial charge in [0.25, 0.3) is 0 Å². The van der Waals surface area contributed by atoms with Crippen LogP contribution >= 0.6 is 0 Å². The highest BCUT2D eigenvalue weighted by molar-refractivity contribution is 5.83. The van der Waals surface area contributed by atoms with Crippen LogP contribution in [0.15, 0.2) is 0 Å². The Hall–Kier alpha value is -1.77. The van der Waals surface area contributed by atoms with Crippen molar-refractivity contribution in [3.63, 3.8) is 0 Å². The highest BCUT2D eigenvalue weighted by Gasteiger charge is 2.29. The smallest absolute Gasteiger partial charge is 0.308 e. The third-order valence-corrected chi connectivity index (χ3v) is 2.13. The lowest BCUT2D eigenvalue weighted by Gasteiger charge is -2.18. The van der Waals surface area contributed by atoms with Crippen LogP contribution < -0.4 is 5.43 Å². The molecule has 6 nitrogen and oxygen atoms in total. The first-order chi connectivity index (χ1) is 7.06. The molecule has 1 rings (SSSR count). The summed E-state index contributed by atoms with van der Waals surface area (Å²) in [5.41, 5.74) is 2.51. The summed E-state index contributed by atoms with van der Waals surface area (Å²) in [5, 5.41) is 9.70. The molecule has 1 N–H and O–H groups in total. The fourth-order valence-electron chi connectivity index (χ4n) is 1.18. The van der Waals surface area contributed by atoms with Crippen LogP contribution in [0.2, 0.25) is 0 Å². The van der Waals surface area contributed by atoms with Crippen LogP contribution in [0.25, 0.3) is 0 Å². The molecule has 15 heavy (non-hydrogen) atoms. The largest absolute Gasteiger partial charge is 0.339 e. The number of carbonyl (C=O) groups is 2. The maximum atomic E-state index is 11.5. The Kier molecular flexibility index (Phi) is 3.50. The zero-order chi connectivity index (χ0) is 11.4. The lowest BCUT2D eigenvalue weighted by molar-refractivity contribution is -0.127. The van der Waals surface area contributed by atoms with E-state index in [-0.39, 0.29) is 24.4 Å². The van der Waals surface area contributed by atoms with Gasteiger partial charge in [0, 0.05) is 12.5 Å². The average molecular weight is 210 g/mol. The summed E-state index contributed by atoms with van der Waals surface area (Å²) in [6.45, 7) is 4.47. The van der Waals surface area contributed by atoms with Gasteiger partial charge in [0.15, 0.2) is 0 Å². The molecule has 0 aromatic rings. The Morgan fingerprint density at radius 3 is 2.80 bits per heavy atom. The topological polar surface area (TPSA) is 76.4 Å². The fourth-order valence-corrected chi connectivity index (χ4v) is 1.18. The van der Waals surface area contributed by atoms with E-state index in [9.17, 15) is 9.59 Å². The van der Waals surface area contributed by atoms with Crippen LogP contribution in [0.5, 0.6) is 0 Å². The SMILES string of the molecule is CC(C)C(=O)NN1CCN(CC#N)C1=O. The predicted molar refractivity (Wildman–Crippen MR) is 52.3 cm³/mol. The average Bonchev–Trinajstić information content (AvgIpc) is 2.50. The van der Waals surface area contributed by atoms with Crippen LogP contribution in [-0.2, 0) is 4.79 Å². The minimum atomic E-state index is -0.314. The molecule has 82 valence electrons. The van der Waals surface area contributed by atoms with Crippen molar-refractivity contribution < 1.29 is 9.59 Å². The van der Waals surface area contributed by atoms with E-state index in [0.29, 0.717) is 13.1 Å². The van der Waals surface area contributed by atoms with Crippen molar-refractivity contribution in [2.45, 2.75) is 13.8 Å². The Morgan fingerprint density at radius 2 is 2.27 bits per heavy atom. The number of hydrogen-bond donors (Lipinski definition) is 1. The molecule has 0 saturated carbocycles. The van der Waals surface area contributed by atoms with Crippen molar-refractivity contribution in [2.75, 3.05) is 19.6 Å². The van der Waals surface area contributed by atoms with Gasteiger partial charge in [-0.2, -0.15) is 5.26 Å². The Morgan fingerprint density at radius 1 is 1.60 bits per heavy atom. The summed E-state index contributed by atoms with van der Waals surface area (Å²) in [4.78, 5) is 24.2. The summed E-state index contributed by atoms with van der Waals surface area (Å²) in [6, 6.07) is 1.59. The molecule has 1 aliphatic rings. The zero-order valence-electron chi connectivity index (χ0n) is 8.86. The van der Waals surface area contributed by atoms with Gasteiger partial charge in [0.2, 0.25) is 5.91 Å². The van der Waals surface area contributed by atoms with E-state index >= 15 is 0 Å². The Labute approximate surface area is 88.4 Å². The standard InChI is InChI=1S/C9H14N4O2/c1-7(2)8(14)11-13-6-5-12(4-3-10)9(13)15/h7H,4-6H2,1-2H3,(H,11,14). The molecule has 0 radical (unpaired) electrons. The summed E-state index contributed by atoms with van der Waals surface area (Å²) in [5.74, 6) is -0.357. The van der Waals surface area contributed by atoms with E-state index in [1.165, 1.54) is 9.91 Å². The van der Waals surface area contributed by atoms with E-state index in [1.807, 2.05) is 6.07 Å². The molecule has 0 bridgehead atoms. The first-order valence-corrected chi connectivity index (χ1v) is 4.80. The van der Waals surface area contributed by atoms with Crippen molar-refractivity contribution in [2.24, 2.45) is 5.92 Å². The van der Waals surface area contributed by atoms with E-state index < -0.39 is 0 Å². The third kappa shape index (κ3) is 2.59. The van der Waals surface area contributed by atoms with Crippen molar-refractivity contribution in [3.05, 3.63) is 0 Å². The summed E-state index contributed by atoms with van der Waals surface area (Å²) >= 11 is 0. The minimum absolute atomic E-state index is 0.0624. The second kappa shape index (κ2) is 4.64. The summed E-state index contributed by atoms with van der Waals surface area (Å²) in [7, 11) is 0. The number of nitrogens with one attached hydrogen (secondary N) is 1. The summed E-state index contributed by atoms with van der Waals surface area (Å²) in [6.07, 6.45) is 0. The molecular weight excluding hydrogens is 196 g/mol. The van der Waals surface area contributed by atoms with Gasteiger partial charge in [0.05, 0.1) is 12.6 Å². The van der Waals surface area contributed by atoms with Gasteiger partial charge in [-0.3, -0.25) is 10.2 Å². The molecule has 0 aliphatic carbocycles. The molecule has 1 heterocycles. The van der Waals surface area contributed by atoms with Gasteiger partial charge in [-0.25, -0.2) is 9.80 Å². The lowest BCUT2D eigenvalue weighted by atomic mass is 10.2. The molecule has 0 aromatic carbocycles. The van der Waals surface area contributed by atoms with Crippen LogP contribution in [0, 0.1) is 17.2 Å². The van der Waals surface area contributed by atoms with E-state index in [2.05, 4.69) is 5.43 Å². The lowest BCUT2D eigenvalue weighted by Crippen LogP contribution is -2.46. The molecule has 1 aliphatic heterocycles. The Bertz CT molecular complexity index is 308. The van der Waals surface area contributed by atoms with Crippen molar-refractivity contribution in [1.29, 1.82) is 5.26 Å².